The molecule has 0 fully saturated rings. The van der Waals surface area contributed by atoms with Crippen LogP contribution in [0.3, 0.4) is 0 Å². The molecule has 1 N–H and O–H groups in total. The van der Waals surface area contributed by atoms with Crippen molar-refractivity contribution in [3.05, 3.63) is 81.7 Å². The summed E-state index contributed by atoms with van der Waals surface area (Å²) in [5.41, 5.74) is 1.25. The van der Waals surface area contributed by atoms with Gasteiger partial charge in [-0.2, -0.15) is 0 Å². The number of carbonyl (C=O) groups is 2. The summed E-state index contributed by atoms with van der Waals surface area (Å²) in [6.45, 7) is 2.37. The van der Waals surface area contributed by atoms with Crippen LogP contribution in [-0.4, -0.2) is 25.0 Å². The number of carbonyl (C=O) groups excluding carboxylic acids is 2. The minimum Gasteiger partial charge on any atom is -0.462 e. The van der Waals surface area contributed by atoms with Crippen molar-refractivity contribution in [1.82, 2.24) is 5.32 Å². The number of benzene rings is 2. The number of ether oxygens (including phenoxy) is 1. The van der Waals surface area contributed by atoms with E-state index in [2.05, 4.69) is 5.32 Å². The quantitative estimate of drug-likeness (QED) is 0.412. The predicted molar refractivity (Wildman–Crippen MR) is 101 cm³/mol. The van der Waals surface area contributed by atoms with Crippen molar-refractivity contribution in [2.75, 3.05) is 13.2 Å². The third-order valence-electron chi connectivity index (χ3n) is 4.01. The fraction of sp³-hybridized carbons (Fsp3) is 0.190. The lowest BCUT2D eigenvalue weighted by atomic mass is 10.1. The Hall–Kier alpha value is -3.41. The van der Waals surface area contributed by atoms with Crippen molar-refractivity contribution in [3.8, 4) is 0 Å². The summed E-state index contributed by atoms with van der Waals surface area (Å²) in [5, 5.41) is 3.31. The molecule has 138 valence electrons. The Balaban J connectivity index is 1.48. The molecule has 0 spiro atoms. The van der Waals surface area contributed by atoms with E-state index in [0.29, 0.717) is 23.0 Å². The van der Waals surface area contributed by atoms with E-state index >= 15 is 0 Å². The monoisotopic (exact) mass is 365 g/mol. The lowest BCUT2D eigenvalue weighted by Crippen LogP contribution is -2.29. The third kappa shape index (κ3) is 4.61. The fourth-order valence-electron chi connectivity index (χ4n) is 2.53. The number of fused-ring (bicyclic) bond motifs is 1. The Labute approximate surface area is 155 Å². The van der Waals surface area contributed by atoms with E-state index in [4.69, 9.17) is 9.15 Å². The molecule has 0 saturated carbocycles. The maximum atomic E-state index is 12.2. The predicted octanol–water partition coefficient (Wildman–Crippen LogP) is 3.08. The molecule has 27 heavy (non-hydrogen) atoms. The van der Waals surface area contributed by atoms with Crippen LogP contribution in [0, 0.1) is 6.92 Å². The molecule has 0 unspecified atom stereocenters. The van der Waals surface area contributed by atoms with Crippen LogP contribution < -0.4 is 10.9 Å². The van der Waals surface area contributed by atoms with Crippen molar-refractivity contribution >= 4 is 22.8 Å². The summed E-state index contributed by atoms with van der Waals surface area (Å²) < 4.78 is 10.3. The molecule has 1 aromatic heterocycles. The van der Waals surface area contributed by atoms with Gasteiger partial charge in [-0.05, 0) is 37.6 Å². The second-order valence-corrected chi connectivity index (χ2v) is 6.10. The van der Waals surface area contributed by atoms with E-state index in [1.165, 1.54) is 6.07 Å². The van der Waals surface area contributed by atoms with Gasteiger partial charge in [-0.25, -0.2) is 9.59 Å². The normalized spacial score (nSPS) is 10.6. The number of nitrogens with one attached hydrogen (secondary N) is 1. The molecule has 0 aliphatic carbocycles. The summed E-state index contributed by atoms with van der Waals surface area (Å²) in [4.78, 5) is 36.0. The maximum absolute atomic E-state index is 12.2. The van der Waals surface area contributed by atoms with Crippen LogP contribution in [0.4, 0.5) is 0 Å². The Morgan fingerprint density at radius 3 is 2.59 bits per heavy atom. The number of amides is 1. The second kappa shape index (κ2) is 8.31. The summed E-state index contributed by atoms with van der Waals surface area (Å²) in [6, 6.07) is 15.6. The van der Waals surface area contributed by atoms with E-state index in [1.54, 1.807) is 36.4 Å². The Morgan fingerprint density at radius 2 is 1.81 bits per heavy atom. The molecule has 1 heterocycles. The highest BCUT2D eigenvalue weighted by atomic mass is 16.5. The molecule has 6 heteroatoms. The number of esters is 1. The van der Waals surface area contributed by atoms with Crippen LogP contribution in [0.5, 0.6) is 0 Å². The third-order valence-corrected chi connectivity index (χ3v) is 4.01. The van der Waals surface area contributed by atoms with Crippen molar-refractivity contribution in [3.63, 3.8) is 0 Å². The first-order chi connectivity index (χ1) is 13.0. The van der Waals surface area contributed by atoms with Crippen molar-refractivity contribution < 1.29 is 18.7 Å². The zero-order valence-corrected chi connectivity index (χ0v) is 14.9. The van der Waals surface area contributed by atoms with Crippen molar-refractivity contribution in [2.24, 2.45) is 0 Å². The fourth-order valence-corrected chi connectivity index (χ4v) is 2.53. The van der Waals surface area contributed by atoms with Crippen molar-refractivity contribution in [1.29, 1.82) is 0 Å². The van der Waals surface area contributed by atoms with Gasteiger partial charge in [-0.15, -0.1) is 0 Å². The average Bonchev–Trinajstić information content (AvgIpc) is 2.67. The van der Waals surface area contributed by atoms with Gasteiger partial charge in [-0.3, -0.25) is 4.79 Å². The average molecular weight is 365 g/mol. The number of hydrogen-bond acceptors (Lipinski definition) is 5. The van der Waals surface area contributed by atoms with Crippen molar-refractivity contribution in [2.45, 2.75) is 13.3 Å². The molecular weight excluding hydrogens is 346 g/mol. The largest absolute Gasteiger partial charge is 0.462 e. The van der Waals surface area contributed by atoms with Crippen LogP contribution >= 0.6 is 0 Å². The van der Waals surface area contributed by atoms with Crippen LogP contribution in [0.1, 0.15) is 32.7 Å². The summed E-state index contributed by atoms with van der Waals surface area (Å²) in [7, 11) is 0. The molecular formula is C21H19NO5. The molecule has 0 bridgehead atoms. The minimum atomic E-state index is -0.683. The molecule has 2 aromatic carbocycles. The van der Waals surface area contributed by atoms with E-state index in [-0.39, 0.29) is 18.7 Å². The van der Waals surface area contributed by atoms with Crippen LogP contribution in [0.25, 0.3) is 11.0 Å². The topological polar surface area (TPSA) is 85.6 Å². The Bertz CT molecular complexity index is 1020. The zero-order valence-electron chi connectivity index (χ0n) is 14.9. The summed E-state index contributed by atoms with van der Waals surface area (Å²) in [6.07, 6.45) is 0.433. The Kier molecular flexibility index (Phi) is 5.66. The van der Waals surface area contributed by atoms with E-state index < -0.39 is 17.5 Å². The van der Waals surface area contributed by atoms with Gasteiger partial charge < -0.3 is 14.5 Å². The molecule has 0 aliphatic rings. The van der Waals surface area contributed by atoms with Gasteiger partial charge in [0, 0.05) is 11.9 Å². The highest BCUT2D eigenvalue weighted by Crippen LogP contribution is 2.12. The first-order valence-corrected chi connectivity index (χ1v) is 8.59. The highest BCUT2D eigenvalue weighted by Gasteiger charge is 2.13. The lowest BCUT2D eigenvalue weighted by molar-refractivity contribution is 0.0501. The first-order valence-electron chi connectivity index (χ1n) is 8.59. The van der Waals surface area contributed by atoms with Crippen LogP contribution in [0.2, 0.25) is 0 Å². The number of rotatable bonds is 6. The van der Waals surface area contributed by atoms with E-state index in [9.17, 15) is 14.4 Å². The minimum absolute atomic E-state index is 0.0506. The molecule has 0 atom stereocenters. The first kappa shape index (κ1) is 18.4. The van der Waals surface area contributed by atoms with Gasteiger partial charge in [0.15, 0.2) is 0 Å². The van der Waals surface area contributed by atoms with E-state index in [1.807, 2.05) is 19.1 Å². The van der Waals surface area contributed by atoms with Crippen LogP contribution in [-0.2, 0) is 4.74 Å². The summed E-state index contributed by atoms with van der Waals surface area (Å²) >= 11 is 0. The SMILES string of the molecule is Cc1ccc(C(=O)OCCCNC(=O)c2cc3ccccc3oc2=O)cc1. The second-order valence-electron chi connectivity index (χ2n) is 6.10. The van der Waals surface area contributed by atoms with Crippen LogP contribution in [0.15, 0.2) is 63.8 Å². The lowest BCUT2D eigenvalue weighted by Gasteiger charge is -2.07. The summed E-state index contributed by atoms with van der Waals surface area (Å²) in [5.74, 6) is -0.920. The van der Waals surface area contributed by atoms with Gasteiger partial charge >= 0.3 is 11.6 Å². The standard InChI is InChI=1S/C21H19NO5/c1-14-7-9-15(10-8-14)20(24)26-12-4-11-22-19(23)17-13-16-5-2-3-6-18(16)27-21(17)25/h2-3,5-10,13H,4,11-12H2,1H3,(H,22,23). The molecule has 3 aromatic rings. The smallest absolute Gasteiger partial charge is 0.349 e. The molecule has 0 aliphatic heterocycles. The van der Waals surface area contributed by atoms with Gasteiger partial charge in [0.1, 0.15) is 11.1 Å². The number of para-hydroxylation sites is 1. The van der Waals surface area contributed by atoms with Gasteiger partial charge in [-0.1, -0.05) is 35.9 Å². The van der Waals surface area contributed by atoms with Gasteiger partial charge in [0.05, 0.1) is 12.2 Å². The zero-order chi connectivity index (χ0) is 19.2. The molecule has 0 saturated heterocycles. The Morgan fingerprint density at radius 1 is 1.07 bits per heavy atom. The molecule has 6 nitrogen and oxygen atoms in total. The van der Waals surface area contributed by atoms with Gasteiger partial charge in [0.25, 0.3) is 5.91 Å². The highest BCUT2D eigenvalue weighted by molar-refractivity contribution is 5.96. The molecule has 0 radical (unpaired) electrons. The maximum Gasteiger partial charge on any atom is 0.349 e. The molecule has 3 rings (SSSR count). The number of hydrogen-bond donors (Lipinski definition) is 1. The molecule has 1 amide bonds. The van der Waals surface area contributed by atoms with E-state index in [0.717, 1.165) is 5.56 Å². The van der Waals surface area contributed by atoms with Gasteiger partial charge in [0.2, 0.25) is 0 Å². The number of aryl methyl sites for hydroxylation is 1.